The van der Waals surface area contributed by atoms with Crippen molar-refractivity contribution in [3.05, 3.63) is 0 Å². The maximum atomic E-state index is 7.57. The summed E-state index contributed by atoms with van der Waals surface area (Å²) in [6.07, 6.45) is 5.44. The fourth-order valence-electron chi connectivity index (χ4n) is 1.52. The minimum atomic E-state index is 0.744. The van der Waals surface area contributed by atoms with Gasteiger partial charge in [0.15, 0.2) is 0 Å². The minimum Gasteiger partial charge on any atom is -0.358 e. The lowest BCUT2D eigenvalue weighted by Gasteiger charge is -2.22. The van der Waals surface area contributed by atoms with Gasteiger partial charge in [-0.25, -0.2) is 0 Å². The van der Waals surface area contributed by atoms with Crippen LogP contribution in [-0.4, -0.2) is 23.3 Å². The van der Waals surface area contributed by atoms with Crippen LogP contribution in [0.3, 0.4) is 0 Å². The van der Waals surface area contributed by atoms with Gasteiger partial charge >= 0.3 is 0 Å². The lowest BCUT2D eigenvalue weighted by atomic mass is 10.3. The second-order valence-corrected chi connectivity index (χ2v) is 3.91. The Balaban J connectivity index is 1.85. The lowest BCUT2D eigenvalue weighted by Crippen LogP contribution is -2.32. The maximum Gasteiger partial charge on any atom is 0.0928 e. The number of nitrogens with one attached hydrogen (secondary N) is 1. The van der Waals surface area contributed by atoms with E-state index in [1.807, 2.05) is 6.92 Å². The molecule has 0 heterocycles. The quantitative estimate of drug-likeness (QED) is 0.485. The summed E-state index contributed by atoms with van der Waals surface area (Å²) in [5.41, 5.74) is 0. The van der Waals surface area contributed by atoms with Crippen LogP contribution in [0.5, 0.6) is 0 Å². The Bertz CT molecular complexity index is 168. The molecule has 2 saturated carbocycles. The molecule has 0 aromatic heterocycles. The summed E-state index contributed by atoms with van der Waals surface area (Å²) in [5, 5.41) is 7.57. The Hall–Kier alpha value is -0.530. The average molecular weight is 152 g/mol. The molecule has 2 aliphatic carbocycles. The van der Waals surface area contributed by atoms with Gasteiger partial charge in [-0.05, 0) is 38.5 Å². The van der Waals surface area contributed by atoms with Gasteiger partial charge in [0.1, 0.15) is 0 Å². The summed E-state index contributed by atoms with van der Waals surface area (Å²) in [4.78, 5) is 2.29. The molecule has 2 rings (SSSR count). The zero-order valence-corrected chi connectivity index (χ0v) is 7.14. The second kappa shape index (κ2) is 2.50. The number of hydrogen-bond donors (Lipinski definition) is 1. The van der Waals surface area contributed by atoms with Crippen molar-refractivity contribution in [2.24, 2.45) is 5.92 Å². The lowest BCUT2D eigenvalue weighted by molar-refractivity contribution is 0.386. The largest absolute Gasteiger partial charge is 0.358 e. The Kier molecular flexibility index (Phi) is 1.63. The molecule has 2 heteroatoms. The van der Waals surface area contributed by atoms with Gasteiger partial charge < -0.3 is 4.90 Å². The SMILES string of the molecule is CC(=N)N(CC1CC1)C1CC1. The topological polar surface area (TPSA) is 27.1 Å². The number of amidine groups is 1. The third-order valence-corrected chi connectivity index (χ3v) is 2.57. The van der Waals surface area contributed by atoms with E-state index in [4.69, 9.17) is 5.41 Å². The summed E-state index contributed by atoms with van der Waals surface area (Å²) in [5.74, 6) is 1.70. The van der Waals surface area contributed by atoms with Gasteiger partial charge in [0, 0.05) is 12.6 Å². The van der Waals surface area contributed by atoms with E-state index in [1.54, 1.807) is 0 Å². The van der Waals surface area contributed by atoms with Crippen molar-refractivity contribution in [3.63, 3.8) is 0 Å². The van der Waals surface area contributed by atoms with Crippen LogP contribution in [0, 0.1) is 11.3 Å². The van der Waals surface area contributed by atoms with Crippen LogP contribution in [0.15, 0.2) is 0 Å². The van der Waals surface area contributed by atoms with E-state index >= 15 is 0 Å². The van der Waals surface area contributed by atoms with E-state index in [2.05, 4.69) is 4.90 Å². The van der Waals surface area contributed by atoms with Crippen molar-refractivity contribution < 1.29 is 0 Å². The van der Waals surface area contributed by atoms with Crippen molar-refractivity contribution in [2.75, 3.05) is 6.54 Å². The molecule has 0 saturated heterocycles. The molecule has 0 aromatic rings. The first-order valence-corrected chi connectivity index (χ1v) is 4.59. The number of rotatable bonds is 3. The smallest absolute Gasteiger partial charge is 0.0928 e. The van der Waals surface area contributed by atoms with E-state index in [0.717, 1.165) is 17.8 Å². The van der Waals surface area contributed by atoms with Gasteiger partial charge in [0.25, 0.3) is 0 Å². The second-order valence-electron chi connectivity index (χ2n) is 3.91. The molecule has 0 radical (unpaired) electrons. The van der Waals surface area contributed by atoms with Crippen LogP contribution in [0.1, 0.15) is 32.6 Å². The zero-order valence-electron chi connectivity index (χ0n) is 7.14. The Morgan fingerprint density at radius 3 is 2.36 bits per heavy atom. The molecule has 11 heavy (non-hydrogen) atoms. The van der Waals surface area contributed by atoms with Crippen LogP contribution in [-0.2, 0) is 0 Å². The van der Waals surface area contributed by atoms with Crippen LogP contribution in [0.2, 0.25) is 0 Å². The summed E-state index contributed by atoms with van der Waals surface area (Å²) >= 11 is 0. The average Bonchev–Trinajstić information content (AvgIpc) is 2.78. The van der Waals surface area contributed by atoms with Crippen molar-refractivity contribution in [3.8, 4) is 0 Å². The first-order chi connectivity index (χ1) is 5.27. The van der Waals surface area contributed by atoms with Gasteiger partial charge in [-0.3, -0.25) is 5.41 Å². The first kappa shape index (κ1) is 7.14. The summed E-state index contributed by atoms with van der Waals surface area (Å²) < 4.78 is 0. The molecule has 0 amide bonds. The highest BCUT2D eigenvalue weighted by atomic mass is 15.2. The van der Waals surface area contributed by atoms with Gasteiger partial charge in [0.2, 0.25) is 0 Å². The Morgan fingerprint density at radius 1 is 1.36 bits per heavy atom. The van der Waals surface area contributed by atoms with E-state index in [-0.39, 0.29) is 0 Å². The molecule has 0 unspecified atom stereocenters. The van der Waals surface area contributed by atoms with E-state index in [1.165, 1.54) is 32.2 Å². The molecule has 0 bridgehead atoms. The van der Waals surface area contributed by atoms with Gasteiger partial charge in [-0.15, -0.1) is 0 Å². The highest BCUT2D eigenvalue weighted by molar-refractivity contribution is 5.77. The number of nitrogens with zero attached hydrogens (tertiary/aromatic N) is 1. The first-order valence-electron chi connectivity index (χ1n) is 4.59. The van der Waals surface area contributed by atoms with Crippen LogP contribution in [0.4, 0.5) is 0 Å². The molecule has 2 nitrogen and oxygen atoms in total. The molecule has 0 spiro atoms. The molecule has 1 N–H and O–H groups in total. The van der Waals surface area contributed by atoms with Crippen LogP contribution in [0.25, 0.3) is 0 Å². The van der Waals surface area contributed by atoms with Gasteiger partial charge in [0.05, 0.1) is 5.84 Å². The normalized spacial score (nSPS) is 23.4. The molecule has 0 aliphatic heterocycles. The van der Waals surface area contributed by atoms with Crippen molar-refractivity contribution >= 4 is 5.84 Å². The minimum absolute atomic E-state index is 0.744. The Labute approximate surface area is 68.1 Å². The highest BCUT2D eigenvalue weighted by Crippen LogP contribution is 2.34. The van der Waals surface area contributed by atoms with Crippen LogP contribution >= 0.6 is 0 Å². The van der Waals surface area contributed by atoms with Crippen molar-refractivity contribution in [1.29, 1.82) is 5.41 Å². The fourth-order valence-corrected chi connectivity index (χ4v) is 1.52. The summed E-state index contributed by atoms with van der Waals surface area (Å²) in [7, 11) is 0. The van der Waals surface area contributed by atoms with Gasteiger partial charge in [-0.1, -0.05) is 0 Å². The van der Waals surface area contributed by atoms with Crippen molar-refractivity contribution in [2.45, 2.75) is 38.6 Å². The molecule has 0 aromatic carbocycles. The Morgan fingerprint density at radius 2 is 2.00 bits per heavy atom. The number of hydrogen-bond acceptors (Lipinski definition) is 1. The van der Waals surface area contributed by atoms with Crippen molar-refractivity contribution in [1.82, 2.24) is 4.90 Å². The summed E-state index contributed by atoms with van der Waals surface area (Å²) in [6.45, 7) is 3.08. The third kappa shape index (κ3) is 1.73. The molecule has 2 aliphatic rings. The molecule has 0 atom stereocenters. The molecule has 2 fully saturated rings. The monoisotopic (exact) mass is 152 g/mol. The molecular formula is C9H16N2. The fraction of sp³-hybridized carbons (Fsp3) is 0.889. The predicted molar refractivity (Wildman–Crippen MR) is 45.9 cm³/mol. The van der Waals surface area contributed by atoms with E-state index < -0.39 is 0 Å². The standard InChI is InChI=1S/C9H16N2/c1-7(10)11(9-4-5-9)6-8-2-3-8/h8-10H,2-6H2,1H3. The van der Waals surface area contributed by atoms with E-state index in [0.29, 0.717) is 0 Å². The van der Waals surface area contributed by atoms with Gasteiger partial charge in [-0.2, -0.15) is 0 Å². The third-order valence-electron chi connectivity index (χ3n) is 2.57. The molecular weight excluding hydrogens is 136 g/mol. The predicted octanol–water partition coefficient (Wildman–Crippen LogP) is 1.86. The molecule has 62 valence electrons. The highest BCUT2D eigenvalue weighted by Gasteiger charge is 2.33. The summed E-state index contributed by atoms with van der Waals surface area (Å²) in [6, 6.07) is 0.744. The van der Waals surface area contributed by atoms with E-state index in [9.17, 15) is 0 Å². The maximum absolute atomic E-state index is 7.57. The zero-order chi connectivity index (χ0) is 7.84. The van der Waals surface area contributed by atoms with Crippen LogP contribution < -0.4 is 0 Å².